The predicted molar refractivity (Wildman–Crippen MR) is 75.2 cm³/mol. The van der Waals surface area contributed by atoms with Crippen LogP contribution in [0.15, 0.2) is 24.7 Å². The Balaban J connectivity index is 2.00. The molecule has 0 spiro atoms. The molecular formula is C13H19ClN4. The molecule has 0 aromatic carbocycles. The highest BCUT2D eigenvalue weighted by Crippen LogP contribution is 2.24. The highest BCUT2D eigenvalue weighted by Gasteiger charge is 2.17. The number of fused-ring (bicyclic) bond motifs is 1. The number of rotatable bonds is 4. The third-order valence-corrected chi connectivity index (χ3v) is 2.96. The summed E-state index contributed by atoms with van der Waals surface area (Å²) in [5.74, 6) is 0.828. The fourth-order valence-corrected chi connectivity index (χ4v) is 2.48. The summed E-state index contributed by atoms with van der Waals surface area (Å²) in [6, 6.07) is 1.93. The lowest BCUT2D eigenvalue weighted by molar-refractivity contribution is 0.373. The van der Waals surface area contributed by atoms with Crippen LogP contribution in [0.5, 0.6) is 0 Å². The van der Waals surface area contributed by atoms with Gasteiger partial charge in [0.2, 0.25) is 0 Å². The lowest BCUT2D eigenvalue weighted by atomic mass is 9.90. The molecule has 0 bridgehead atoms. The molecule has 0 saturated heterocycles. The van der Waals surface area contributed by atoms with Gasteiger partial charge >= 0.3 is 0 Å². The lowest BCUT2D eigenvalue weighted by Gasteiger charge is -2.22. The average molecular weight is 267 g/mol. The molecule has 2 aromatic heterocycles. The summed E-state index contributed by atoms with van der Waals surface area (Å²) in [6.07, 6.45) is 6.28. The molecule has 0 radical (unpaired) electrons. The van der Waals surface area contributed by atoms with E-state index >= 15 is 0 Å². The minimum atomic E-state index is 0.0926. The van der Waals surface area contributed by atoms with Gasteiger partial charge in [-0.3, -0.25) is 0 Å². The van der Waals surface area contributed by atoms with Crippen molar-refractivity contribution in [2.24, 2.45) is 5.41 Å². The Morgan fingerprint density at radius 2 is 2.17 bits per heavy atom. The Morgan fingerprint density at radius 1 is 1.39 bits per heavy atom. The Bertz CT molecular complexity index is 515. The number of anilines is 1. The van der Waals surface area contributed by atoms with E-state index in [0.29, 0.717) is 6.54 Å². The third-order valence-electron chi connectivity index (χ3n) is 2.65. The number of nitrogens with one attached hydrogen (secondary N) is 1. The zero-order valence-corrected chi connectivity index (χ0v) is 11.8. The van der Waals surface area contributed by atoms with E-state index < -0.39 is 0 Å². The summed E-state index contributed by atoms with van der Waals surface area (Å²) in [4.78, 5) is 4.32. The number of alkyl halides is 1. The van der Waals surface area contributed by atoms with Crippen molar-refractivity contribution in [1.82, 2.24) is 14.6 Å². The van der Waals surface area contributed by atoms with E-state index in [1.54, 1.807) is 16.9 Å². The molecule has 4 nitrogen and oxygen atoms in total. The molecule has 1 unspecified atom stereocenters. The van der Waals surface area contributed by atoms with Crippen LogP contribution in [-0.4, -0.2) is 26.5 Å². The molecule has 18 heavy (non-hydrogen) atoms. The maximum absolute atomic E-state index is 6.33. The van der Waals surface area contributed by atoms with Crippen molar-refractivity contribution in [2.75, 3.05) is 11.9 Å². The van der Waals surface area contributed by atoms with Crippen LogP contribution in [0.3, 0.4) is 0 Å². The Morgan fingerprint density at radius 3 is 2.89 bits per heavy atom. The standard InChI is InChI=1S/C13H19ClN4/c1-13(2,3)8-10(14)9-16-12-11-4-5-17-18(11)7-6-15-12/h4-7,10H,8-9H2,1-3H3,(H,15,16). The van der Waals surface area contributed by atoms with Gasteiger partial charge in [0.15, 0.2) is 5.82 Å². The largest absolute Gasteiger partial charge is 0.367 e. The maximum atomic E-state index is 6.33. The SMILES string of the molecule is CC(C)(C)CC(Cl)CNc1nccn2nccc12. The molecule has 98 valence electrons. The van der Waals surface area contributed by atoms with Crippen molar-refractivity contribution in [1.29, 1.82) is 0 Å². The molecule has 0 aliphatic rings. The zero-order chi connectivity index (χ0) is 13.2. The van der Waals surface area contributed by atoms with Gasteiger partial charge in [0, 0.05) is 18.9 Å². The summed E-state index contributed by atoms with van der Waals surface area (Å²) in [5.41, 5.74) is 1.21. The average Bonchev–Trinajstić information content (AvgIpc) is 2.72. The van der Waals surface area contributed by atoms with Crippen LogP contribution in [0.4, 0.5) is 5.82 Å². The first-order valence-corrected chi connectivity index (χ1v) is 6.56. The quantitative estimate of drug-likeness (QED) is 0.865. The summed E-state index contributed by atoms with van der Waals surface area (Å²) in [6.45, 7) is 7.28. The van der Waals surface area contributed by atoms with Gasteiger partial charge in [-0.25, -0.2) is 9.50 Å². The first-order chi connectivity index (χ1) is 8.46. The Kier molecular flexibility index (Phi) is 3.76. The zero-order valence-electron chi connectivity index (χ0n) is 11.0. The van der Waals surface area contributed by atoms with E-state index in [0.717, 1.165) is 17.8 Å². The number of hydrogen-bond acceptors (Lipinski definition) is 3. The molecule has 2 rings (SSSR count). The molecular weight excluding hydrogens is 248 g/mol. The second-order valence-electron chi connectivity index (χ2n) is 5.68. The van der Waals surface area contributed by atoms with Crippen LogP contribution in [0.2, 0.25) is 0 Å². The number of halogens is 1. The van der Waals surface area contributed by atoms with Crippen molar-refractivity contribution in [3.8, 4) is 0 Å². The van der Waals surface area contributed by atoms with E-state index in [1.807, 2.05) is 12.3 Å². The van der Waals surface area contributed by atoms with Gasteiger partial charge in [-0.1, -0.05) is 20.8 Å². The van der Waals surface area contributed by atoms with Gasteiger partial charge in [-0.15, -0.1) is 11.6 Å². The second-order valence-corrected chi connectivity index (χ2v) is 6.30. The van der Waals surface area contributed by atoms with Crippen LogP contribution in [-0.2, 0) is 0 Å². The van der Waals surface area contributed by atoms with Crippen LogP contribution >= 0.6 is 11.6 Å². The number of aromatic nitrogens is 3. The van der Waals surface area contributed by atoms with Gasteiger partial charge < -0.3 is 5.32 Å². The maximum Gasteiger partial charge on any atom is 0.152 e. The molecule has 2 heterocycles. The minimum Gasteiger partial charge on any atom is -0.367 e. The van der Waals surface area contributed by atoms with Crippen molar-refractivity contribution < 1.29 is 0 Å². The van der Waals surface area contributed by atoms with Crippen molar-refractivity contribution >= 4 is 22.9 Å². The van der Waals surface area contributed by atoms with Crippen molar-refractivity contribution in [3.05, 3.63) is 24.7 Å². The minimum absolute atomic E-state index is 0.0926. The summed E-state index contributed by atoms with van der Waals surface area (Å²) >= 11 is 6.33. The van der Waals surface area contributed by atoms with E-state index in [9.17, 15) is 0 Å². The lowest BCUT2D eigenvalue weighted by Crippen LogP contribution is -2.21. The van der Waals surface area contributed by atoms with Gasteiger partial charge in [0.25, 0.3) is 0 Å². The first kappa shape index (κ1) is 13.1. The predicted octanol–water partition coefficient (Wildman–Crippen LogP) is 3.18. The monoisotopic (exact) mass is 266 g/mol. The first-order valence-electron chi connectivity index (χ1n) is 6.12. The van der Waals surface area contributed by atoms with Gasteiger partial charge in [0.05, 0.1) is 11.6 Å². The molecule has 0 amide bonds. The number of hydrogen-bond donors (Lipinski definition) is 1. The molecule has 5 heteroatoms. The van der Waals surface area contributed by atoms with Crippen molar-refractivity contribution in [3.63, 3.8) is 0 Å². The summed E-state index contributed by atoms with van der Waals surface area (Å²) < 4.78 is 1.79. The fourth-order valence-electron chi connectivity index (χ4n) is 1.94. The summed E-state index contributed by atoms with van der Waals surface area (Å²) in [7, 11) is 0. The third kappa shape index (κ3) is 3.35. The van der Waals surface area contributed by atoms with E-state index in [4.69, 9.17) is 11.6 Å². The summed E-state index contributed by atoms with van der Waals surface area (Å²) in [5, 5.41) is 7.55. The molecule has 1 N–H and O–H groups in total. The van der Waals surface area contributed by atoms with E-state index in [-0.39, 0.29) is 10.8 Å². The normalized spacial score (nSPS) is 13.8. The van der Waals surface area contributed by atoms with Crippen LogP contribution in [0.25, 0.3) is 5.52 Å². The molecule has 0 aliphatic heterocycles. The highest BCUT2D eigenvalue weighted by atomic mass is 35.5. The Labute approximate surface area is 112 Å². The number of nitrogens with zero attached hydrogens (tertiary/aromatic N) is 3. The molecule has 0 fully saturated rings. The van der Waals surface area contributed by atoms with Crippen LogP contribution in [0, 0.1) is 5.41 Å². The van der Waals surface area contributed by atoms with Gasteiger partial charge in [0.1, 0.15) is 5.52 Å². The molecule has 2 aromatic rings. The Hall–Kier alpha value is -1.29. The van der Waals surface area contributed by atoms with E-state index in [1.165, 1.54) is 0 Å². The van der Waals surface area contributed by atoms with Gasteiger partial charge in [-0.2, -0.15) is 5.10 Å². The fraction of sp³-hybridized carbons (Fsp3) is 0.538. The van der Waals surface area contributed by atoms with E-state index in [2.05, 4.69) is 36.2 Å². The van der Waals surface area contributed by atoms with Crippen molar-refractivity contribution in [2.45, 2.75) is 32.6 Å². The van der Waals surface area contributed by atoms with Crippen LogP contribution in [0.1, 0.15) is 27.2 Å². The molecule has 1 atom stereocenters. The van der Waals surface area contributed by atoms with Crippen LogP contribution < -0.4 is 5.32 Å². The topological polar surface area (TPSA) is 42.2 Å². The van der Waals surface area contributed by atoms with Gasteiger partial charge in [-0.05, 0) is 17.9 Å². The smallest absolute Gasteiger partial charge is 0.152 e. The highest BCUT2D eigenvalue weighted by molar-refractivity contribution is 6.21. The molecule has 0 aliphatic carbocycles. The second kappa shape index (κ2) is 5.14. The molecule has 0 saturated carbocycles.